The summed E-state index contributed by atoms with van der Waals surface area (Å²) >= 11 is 1.43. The number of ketones is 1. The van der Waals surface area contributed by atoms with Crippen LogP contribution in [-0.4, -0.2) is 31.0 Å². The molecule has 0 heterocycles. The first-order chi connectivity index (χ1) is 7.16. The molecule has 2 N–H and O–H groups in total. The van der Waals surface area contributed by atoms with Crippen molar-refractivity contribution in [3.8, 4) is 0 Å². The van der Waals surface area contributed by atoms with E-state index in [1.165, 1.54) is 11.9 Å². The minimum absolute atomic E-state index is 0.0240. The zero-order chi connectivity index (χ0) is 11.5. The number of Topliss-reactive ketones (excluding diaryl/α,β-unsaturated/α-hetero) is 1. The summed E-state index contributed by atoms with van der Waals surface area (Å²) in [5.74, 6) is 0.263. The van der Waals surface area contributed by atoms with Gasteiger partial charge in [-0.25, -0.2) is 0 Å². The number of carbonyl (C=O) groups is 2. The Labute approximate surface area is 95.7 Å². The molecule has 0 aromatic heterocycles. The second kappa shape index (κ2) is 9.98. The van der Waals surface area contributed by atoms with Crippen molar-refractivity contribution in [3.05, 3.63) is 0 Å². The molecule has 1 amide bonds. The highest BCUT2D eigenvalue weighted by Crippen LogP contribution is 1.99. The second-order valence-electron chi connectivity index (χ2n) is 3.39. The van der Waals surface area contributed by atoms with Crippen molar-refractivity contribution in [1.29, 1.82) is 0 Å². The van der Waals surface area contributed by atoms with E-state index in [-0.39, 0.29) is 11.7 Å². The summed E-state index contributed by atoms with van der Waals surface area (Å²) in [6.07, 6.45) is 5.40. The maximum atomic E-state index is 11.1. The number of hydrogen-bond donors (Lipinski definition) is 2. The summed E-state index contributed by atoms with van der Waals surface area (Å²) < 4.78 is 2.87. The van der Waals surface area contributed by atoms with Crippen LogP contribution in [0, 0.1) is 0 Å². The van der Waals surface area contributed by atoms with Crippen molar-refractivity contribution in [3.63, 3.8) is 0 Å². The van der Waals surface area contributed by atoms with Crippen LogP contribution >= 0.6 is 11.9 Å². The molecule has 0 aliphatic rings. The van der Waals surface area contributed by atoms with Crippen LogP contribution in [0.15, 0.2) is 0 Å². The number of hydrogen-bond acceptors (Lipinski definition) is 4. The summed E-state index contributed by atoms with van der Waals surface area (Å²) in [5, 5.41) is 2.81. The van der Waals surface area contributed by atoms with Crippen molar-refractivity contribution >= 4 is 23.6 Å². The molecule has 0 spiro atoms. The highest BCUT2D eigenvalue weighted by atomic mass is 32.2. The lowest BCUT2D eigenvalue weighted by Crippen LogP contribution is -2.31. The van der Waals surface area contributed by atoms with Crippen LogP contribution in [-0.2, 0) is 9.59 Å². The number of amides is 1. The summed E-state index contributed by atoms with van der Waals surface area (Å²) in [7, 11) is 0. The van der Waals surface area contributed by atoms with Crippen LogP contribution in [0.4, 0.5) is 0 Å². The van der Waals surface area contributed by atoms with E-state index in [9.17, 15) is 9.59 Å². The molecule has 88 valence electrons. The van der Waals surface area contributed by atoms with E-state index in [0.717, 1.165) is 19.3 Å². The van der Waals surface area contributed by atoms with Crippen molar-refractivity contribution in [2.75, 3.05) is 19.3 Å². The van der Waals surface area contributed by atoms with Crippen molar-refractivity contribution < 1.29 is 9.59 Å². The number of carbonyl (C=O) groups excluding carboxylic acids is 2. The van der Waals surface area contributed by atoms with E-state index in [0.29, 0.717) is 19.5 Å². The summed E-state index contributed by atoms with van der Waals surface area (Å²) in [4.78, 5) is 21.7. The Morgan fingerprint density at radius 3 is 2.53 bits per heavy atom. The molecule has 0 aliphatic heterocycles. The molecule has 0 rings (SSSR count). The van der Waals surface area contributed by atoms with E-state index in [1.807, 2.05) is 6.26 Å². The maximum Gasteiger partial charge on any atom is 0.234 e. The van der Waals surface area contributed by atoms with Gasteiger partial charge in [0.25, 0.3) is 0 Å². The number of nitrogens with one attached hydrogen (secondary N) is 2. The smallest absolute Gasteiger partial charge is 0.234 e. The Morgan fingerprint density at radius 1 is 1.20 bits per heavy atom. The quantitative estimate of drug-likeness (QED) is 0.462. The van der Waals surface area contributed by atoms with E-state index in [4.69, 9.17) is 0 Å². The Kier molecular flexibility index (Phi) is 9.62. The molecule has 0 atom stereocenters. The Bertz CT molecular complexity index is 198. The lowest BCUT2D eigenvalue weighted by Gasteiger charge is -2.04. The van der Waals surface area contributed by atoms with E-state index < -0.39 is 0 Å². The van der Waals surface area contributed by atoms with Crippen LogP contribution in [0.25, 0.3) is 0 Å². The molecule has 15 heavy (non-hydrogen) atoms. The van der Waals surface area contributed by atoms with Gasteiger partial charge in [-0.3, -0.25) is 9.52 Å². The zero-order valence-electron chi connectivity index (χ0n) is 9.47. The van der Waals surface area contributed by atoms with Crippen molar-refractivity contribution in [1.82, 2.24) is 10.0 Å². The van der Waals surface area contributed by atoms with Crippen LogP contribution < -0.4 is 10.0 Å². The first kappa shape index (κ1) is 14.5. The van der Waals surface area contributed by atoms with Gasteiger partial charge in [-0.15, -0.1) is 0 Å². The molecule has 0 fully saturated rings. The Balaban J connectivity index is 3.16. The number of rotatable bonds is 9. The average Bonchev–Trinajstić information content (AvgIpc) is 2.19. The molecule has 0 bridgehead atoms. The highest BCUT2D eigenvalue weighted by molar-refractivity contribution is 7.96. The second-order valence-corrected chi connectivity index (χ2v) is 4.08. The molecule has 0 saturated heterocycles. The van der Waals surface area contributed by atoms with Gasteiger partial charge < -0.3 is 10.1 Å². The third-order valence-corrected chi connectivity index (χ3v) is 2.34. The first-order valence-corrected chi connectivity index (χ1v) is 6.41. The standard InChI is InChI=1S/C10H20N2O2S/c1-9(13)6-4-3-5-7-11-10(14)8-12-15-2/h12H,3-8H2,1-2H3,(H,11,14). The van der Waals surface area contributed by atoms with Crippen molar-refractivity contribution in [2.45, 2.75) is 32.6 Å². The molecular formula is C10H20N2O2S. The van der Waals surface area contributed by atoms with E-state index in [1.54, 1.807) is 6.92 Å². The van der Waals surface area contributed by atoms with Gasteiger partial charge in [0.15, 0.2) is 0 Å². The fourth-order valence-corrected chi connectivity index (χ4v) is 1.38. The lowest BCUT2D eigenvalue weighted by molar-refractivity contribution is -0.120. The SMILES string of the molecule is CSNCC(=O)NCCCCCC(C)=O. The Morgan fingerprint density at radius 2 is 1.93 bits per heavy atom. The molecule has 0 saturated carbocycles. The summed E-state index contributed by atoms with van der Waals surface area (Å²) in [5.41, 5.74) is 0. The van der Waals surface area contributed by atoms with E-state index in [2.05, 4.69) is 10.0 Å². The zero-order valence-corrected chi connectivity index (χ0v) is 10.3. The molecule has 0 aromatic carbocycles. The van der Waals surface area contributed by atoms with Gasteiger partial charge in [0, 0.05) is 13.0 Å². The monoisotopic (exact) mass is 232 g/mol. The summed E-state index contributed by atoms with van der Waals surface area (Å²) in [6.45, 7) is 2.66. The molecular weight excluding hydrogens is 212 g/mol. The minimum atomic E-state index is 0.0240. The average molecular weight is 232 g/mol. The fourth-order valence-electron chi connectivity index (χ4n) is 1.10. The molecule has 0 aliphatic carbocycles. The van der Waals surface area contributed by atoms with Gasteiger partial charge in [0.2, 0.25) is 5.91 Å². The Hall–Kier alpha value is -0.550. The largest absolute Gasteiger partial charge is 0.355 e. The predicted molar refractivity (Wildman–Crippen MR) is 63.7 cm³/mol. The van der Waals surface area contributed by atoms with Gasteiger partial charge in [0.1, 0.15) is 5.78 Å². The highest BCUT2D eigenvalue weighted by Gasteiger charge is 1.98. The van der Waals surface area contributed by atoms with E-state index >= 15 is 0 Å². The normalized spacial score (nSPS) is 10.0. The minimum Gasteiger partial charge on any atom is -0.355 e. The molecule has 5 heteroatoms. The van der Waals surface area contributed by atoms with Gasteiger partial charge in [-0.2, -0.15) is 0 Å². The van der Waals surface area contributed by atoms with Gasteiger partial charge >= 0.3 is 0 Å². The molecule has 0 unspecified atom stereocenters. The van der Waals surface area contributed by atoms with Crippen LogP contribution in [0.2, 0.25) is 0 Å². The summed E-state index contributed by atoms with van der Waals surface area (Å²) in [6, 6.07) is 0. The van der Waals surface area contributed by atoms with Crippen LogP contribution in [0.1, 0.15) is 32.6 Å². The molecule has 0 aromatic rings. The van der Waals surface area contributed by atoms with Gasteiger partial charge in [-0.1, -0.05) is 18.4 Å². The van der Waals surface area contributed by atoms with Crippen molar-refractivity contribution in [2.24, 2.45) is 0 Å². The first-order valence-electron chi connectivity index (χ1n) is 5.18. The third-order valence-electron chi connectivity index (χ3n) is 1.90. The number of unbranched alkanes of at least 4 members (excludes halogenated alkanes) is 2. The molecule has 0 radical (unpaired) electrons. The maximum absolute atomic E-state index is 11.1. The fraction of sp³-hybridized carbons (Fsp3) is 0.800. The van der Waals surface area contributed by atoms with Gasteiger partial charge in [0.05, 0.1) is 6.54 Å². The van der Waals surface area contributed by atoms with Crippen LogP contribution in [0.3, 0.4) is 0 Å². The molecule has 4 nitrogen and oxygen atoms in total. The third kappa shape index (κ3) is 11.4. The lowest BCUT2D eigenvalue weighted by atomic mass is 10.1. The van der Waals surface area contributed by atoms with Crippen LogP contribution in [0.5, 0.6) is 0 Å². The predicted octanol–water partition coefficient (Wildman–Crippen LogP) is 1.12. The van der Waals surface area contributed by atoms with Gasteiger partial charge in [-0.05, 0) is 26.0 Å². The topological polar surface area (TPSA) is 58.2 Å².